The van der Waals surface area contributed by atoms with E-state index in [1.54, 1.807) is 0 Å². The summed E-state index contributed by atoms with van der Waals surface area (Å²) in [6.45, 7) is 7.86. The van der Waals surface area contributed by atoms with Gasteiger partial charge in [-0.05, 0) is 58.7 Å². The Balaban J connectivity index is 2.33. The highest BCUT2D eigenvalue weighted by atomic mass is 35.5. The molecule has 1 saturated heterocycles. The minimum Gasteiger partial charge on any atom is -0.366 e. The molecule has 1 fully saturated rings. The van der Waals surface area contributed by atoms with Crippen molar-refractivity contribution in [2.75, 3.05) is 5.32 Å². The lowest BCUT2D eigenvalue weighted by Crippen LogP contribution is -2.61. The van der Waals surface area contributed by atoms with Crippen LogP contribution in [-0.4, -0.2) is 27.9 Å². The van der Waals surface area contributed by atoms with Crippen molar-refractivity contribution in [2.24, 2.45) is 5.73 Å². The van der Waals surface area contributed by atoms with Crippen LogP contribution in [0, 0.1) is 11.3 Å². The van der Waals surface area contributed by atoms with E-state index in [4.69, 9.17) is 17.3 Å². The molecule has 29 heavy (non-hydrogen) atoms. The molecule has 158 valence electrons. The average Bonchev–Trinajstić information content (AvgIpc) is 2.53. The van der Waals surface area contributed by atoms with Gasteiger partial charge >= 0.3 is 6.18 Å². The van der Waals surface area contributed by atoms with Gasteiger partial charge in [0.1, 0.15) is 11.6 Å². The molecule has 0 radical (unpaired) electrons. The highest BCUT2D eigenvalue weighted by molar-refractivity contribution is 6.31. The maximum absolute atomic E-state index is 13.0. The second kappa shape index (κ2) is 7.88. The molecule has 0 atom stereocenters. The number of halogens is 4. The Kier molecular flexibility index (Phi) is 6.26. The van der Waals surface area contributed by atoms with E-state index < -0.39 is 33.7 Å². The van der Waals surface area contributed by atoms with Crippen molar-refractivity contribution in [1.29, 1.82) is 5.26 Å². The first-order chi connectivity index (χ1) is 13.2. The number of nitrogens with two attached hydrogens (primary N) is 1. The molecular weight excluding hydrogens is 405 g/mol. The molecule has 1 amide bonds. The molecule has 1 aliphatic heterocycles. The van der Waals surface area contributed by atoms with Gasteiger partial charge in [-0.3, -0.25) is 4.79 Å². The number of hydrogen-bond donors (Lipinski definition) is 2. The van der Waals surface area contributed by atoms with Gasteiger partial charge in [0.15, 0.2) is 0 Å². The molecule has 2 rings (SSSR count). The first-order valence-electron chi connectivity index (χ1n) is 9.02. The molecule has 0 aromatic heterocycles. The standard InChI is InChI=1S/C20H24ClF3N4O/c1-18(2)8-13(26)9-19(3,4)28(18)11-12(10-25)17(29)27-14-5-6-16(21)15(7-14)20(22,23)24/h5-7,11,13H,8-9,26H2,1-4H3,(H,27,29)/b12-11-. The van der Waals surface area contributed by atoms with E-state index in [9.17, 15) is 23.2 Å². The lowest BCUT2D eigenvalue weighted by molar-refractivity contribution is -0.137. The number of alkyl halides is 3. The summed E-state index contributed by atoms with van der Waals surface area (Å²) in [5, 5.41) is 11.4. The van der Waals surface area contributed by atoms with Crippen molar-refractivity contribution in [3.05, 3.63) is 40.6 Å². The number of rotatable bonds is 3. The van der Waals surface area contributed by atoms with E-state index >= 15 is 0 Å². The van der Waals surface area contributed by atoms with Crippen molar-refractivity contribution in [1.82, 2.24) is 4.90 Å². The zero-order valence-electron chi connectivity index (χ0n) is 16.7. The summed E-state index contributed by atoms with van der Waals surface area (Å²) in [5.74, 6) is -0.801. The molecule has 5 nitrogen and oxygen atoms in total. The zero-order valence-corrected chi connectivity index (χ0v) is 17.4. The Hall–Kier alpha value is -2.24. The average molecular weight is 429 g/mol. The van der Waals surface area contributed by atoms with Gasteiger partial charge in [0.25, 0.3) is 5.91 Å². The molecule has 3 N–H and O–H groups in total. The molecule has 1 aromatic rings. The van der Waals surface area contributed by atoms with Crippen molar-refractivity contribution in [2.45, 2.75) is 63.8 Å². The molecular formula is C20H24ClF3N4O. The van der Waals surface area contributed by atoms with Crippen LogP contribution in [0.3, 0.4) is 0 Å². The third-order valence-electron chi connectivity index (χ3n) is 4.98. The maximum atomic E-state index is 13.0. The summed E-state index contributed by atoms with van der Waals surface area (Å²) in [5.41, 5.74) is 3.94. The van der Waals surface area contributed by atoms with Crippen molar-refractivity contribution in [3.63, 3.8) is 0 Å². The number of nitrogens with one attached hydrogen (secondary N) is 1. The number of nitrogens with zero attached hydrogens (tertiary/aromatic N) is 2. The van der Waals surface area contributed by atoms with Crippen molar-refractivity contribution < 1.29 is 18.0 Å². The fourth-order valence-corrected chi connectivity index (χ4v) is 4.23. The quantitative estimate of drug-likeness (QED) is 0.540. The zero-order chi connectivity index (χ0) is 22.2. The van der Waals surface area contributed by atoms with Gasteiger partial charge in [-0.25, -0.2) is 0 Å². The van der Waals surface area contributed by atoms with Crippen LogP contribution >= 0.6 is 11.6 Å². The normalized spacial score (nSPS) is 19.6. The molecule has 0 aliphatic carbocycles. The van der Waals surface area contributed by atoms with E-state index in [2.05, 4.69) is 5.32 Å². The molecule has 0 unspecified atom stereocenters. The number of carbonyl (C=O) groups is 1. The van der Waals surface area contributed by atoms with E-state index in [-0.39, 0.29) is 17.3 Å². The summed E-state index contributed by atoms with van der Waals surface area (Å²) < 4.78 is 39.1. The van der Waals surface area contributed by atoms with Gasteiger partial charge in [0.2, 0.25) is 0 Å². The maximum Gasteiger partial charge on any atom is 0.417 e. The molecule has 0 bridgehead atoms. The van der Waals surface area contributed by atoms with Gasteiger partial charge in [-0.15, -0.1) is 0 Å². The Labute approximate surface area is 173 Å². The van der Waals surface area contributed by atoms with Gasteiger partial charge in [0, 0.05) is 29.0 Å². The number of carbonyl (C=O) groups excluding carboxylic acids is 1. The molecule has 1 heterocycles. The topological polar surface area (TPSA) is 82.2 Å². The van der Waals surface area contributed by atoms with Gasteiger partial charge in [-0.1, -0.05) is 11.6 Å². The van der Waals surface area contributed by atoms with Crippen LogP contribution < -0.4 is 11.1 Å². The summed E-state index contributed by atoms with van der Waals surface area (Å²) in [7, 11) is 0. The smallest absolute Gasteiger partial charge is 0.366 e. The first-order valence-corrected chi connectivity index (χ1v) is 9.40. The first kappa shape index (κ1) is 23.0. The molecule has 1 aliphatic rings. The third-order valence-corrected chi connectivity index (χ3v) is 5.31. The number of likely N-dealkylation sites (tertiary alicyclic amines) is 1. The van der Waals surface area contributed by atoms with Crippen molar-refractivity contribution >= 4 is 23.2 Å². The van der Waals surface area contributed by atoms with E-state index in [1.807, 2.05) is 38.7 Å². The second-order valence-electron chi connectivity index (χ2n) is 8.46. The van der Waals surface area contributed by atoms with E-state index in [0.717, 1.165) is 12.1 Å². The molecule has 9 heteroatoms. The molecule has 0 saturated carbocycles. The number of hydrogen-bond acceptors (Lipinski definition) is 4. The minimum absolute atomic E-state index is 0.0149. The van der Waals surface area contributed by atoms with Crippen LogP contribution in [0.1, 0.15) is 46.1 Å². The largest absolute Gasteiger partial charge is 0.417 e. The predicted molar refractivity (Wildman–Crippen MR) is 106 cm³/mol. The Morgan fingerprint density at radius 2 is 1.86 bits per heavy atom. The summed E-state index contributed by atoms with van der Waals surface area (Å²) in [6, 6.07) is 4.86. The monoisotopic (exact) mass is 428 g/mol. The third kappa shape index (κ3) is 5.22. The van der Waals surface area contributed by atoms with Crippen LogP contribution in [0.15, 0.2) is 30.0 Å². The number of nitriles is 1. The lowest BCUT2D eigenvalue weighted by Gasteiger charge is -2.54. The van der Waals surface area contributed by atoms with Gasteiger partial charge < -0.3 is 16.0 Å². The van der Waals surface area contributed by atoms with Gasteiger partial charge in [-0.2, -0.15) is 18.4 Å². The Morgan fingerprint density at radius 1 is 1.31 bits per heavy atom. The van der Waals surface area contributed by atoms with Gasteiger partial charge in [0.05, 0.1) is 10.6 Å². The molecule has 1 aromatic carbocycles. The number of benzene rings is 1. The van der Waals surface area contributed by atoms with Crippen molar-refractivity contribution in [3.8, 4) is 6.07 Å². The van der Waals surface area contributed by atoms with Crippen LogP contribution in [-0.2, 0) is 11.0 Å². The predicted octanol–water partition coefficient (Wildman–Crippen LogP) is 4.69. The SMILES string of the molecule is CC1(C)CC(N)CC(C)(C)N1/C=C(/C#N)C(=O)Nc1ccc(Cl)c(C(F)(F)F)c1. The summed E-state index contributed by atoms with van der Waals surface area (Å²) in [6.07, 6.45) is -1.87. The van der Waals surface area contributed by atoms with Crippen LogP contribution in [0.5, 0.6) is 0 Å². The number of anilines is 1. The van der Waals surface area contributed by atoms with Crippen LogP contribution in [0.4, 0.5) is 18.9 Å². The fraction of sp³-hybridized carbons (Fsp3) is 0.500. The lowest BCUT2D eigenvalue weighted by atomic mass is 9.77. The number of amides is 1. The Bertz CT molecular complexity index is 853. The molecule has 0 spiro atoms. The Morgan fingerprint density at radius 3 is 2.34 bits per heavy atom. The van der Waals surface area contributed by atoms with E-state index in [1.165, 1.54) is 12.3 Å². The van der Waals surface area contributed by atoms with E-state index in [0.29, 0.717) is 12.8 Å². The summed E-state index contributed by atoms with van der Waals surface area (Å²) >= 11 is 5.60. The van der Waals surface area contributed by atoms with Crippen LogP contribution in [0.25, 0.3) is 0 Å². The number of piperidine rings is 1. The summed E-state index contributed by atoms with van der Waals surface area (Å²) in [4.78, 5) is 14.5. The minimum atomic E-state index is -4.66. The highest BCUT2D eigenvalue weighted by Crippen LogP contribution is 2.39. The fourth-order valence-electron chi connectivity index (χ4n) is 4.01. The second-order valence-corrected chi connectivity index (χ2v) is 8.87. The van der Waals surface area contributed by atoms with Crippen LogP contribution in [0.2, 0.25) is 5.02 Å². The highest BCUT2D eigenvalue weighted by Gasteiger charge is 2.43.